The van der Waals surface area contributed by atoms with E-state index < -0.39 is 10.0 Å². The van der Waals surface area contributed by atoms with Crippen molar-refractivity contribution in [2.24, 2.45) is 0 Å². The molecule has 0 aliphatic rings. The van der Waals surface area contributed by atoms with Gasteiger partial charge in [0, 0.05) is 5.56 Å². The summed E-state index contributed by atoms with van der Waals surface area (Å²) in [6.07, 6.45) is 0. The van der Waals surface area contributed by atoms with E-state index in [1.54, 1.807) is 36.4 Å². The fourth-order valence-electron chi connectivity index (χ4n) is 1.90. The molecule has 0 fully saturated rings. The molecule has 0 amide bonds. The van der Waals surface area contributed by atoms with Crippen LogP contribution in [0.2, 0.25) is 5.02 Å². The number of halogens is 1. The number of hydrogen-bond acceptors (Lipinski definition) is 3. The molecule has 6 heteroatoms. The first-order valence-electron chi connectivity index (χ1n) is 6.82. The zero-order valence-corrected chi connectivity index (χ0v) is 14.3. The second kappa shape index (κ2) is 7.51. The number of sulfonamides is 1. The minimum absolute atomic E-state index is 0.0232. The van der Waals surface area contributed by atoms with Crippen LogP contribution in [0.3, 0.4) is 0 Å². The van der Waals surface area contributed by atoms with E-state index >= 15 is 0 Å². The predicted molar refractivity (Wildman–Crippen MR) is 91.2 cm³/mol. The van der Waals surface area contributed by atoms with E-state index in [1.165, 1.54) is 7.11 Å². The fraction of sp³-hybridized carbons (Fsp3) is 0.176. The molecule has 0 heterocycles. The summed E-state index contributed by atoms with van der Waals surface area (Å²) in [4.78, 5) is 0.0968. The minimum Gasteiger partial charge on any atom is -0.495 e. The normalized spacial score (nSPS) is 10.7. The second-order valence-electron chi connectivity index (χ2n) is 4.76. The zero-order chi connectivity index (χ0) is 16.9. The third kappa shape index (κ3) is 4.49. The van der Waals surface area contributed by atoms with Gasteiger partial charge in [0.15, 0.2) is 0 Å². The monoisotopic (exact) mass is 349 g/mol. The third-order valence-corrected chi connectivity index (χ3v) is 4.81. The number of aryl methyl sites for hydroxylation is 1. The van der Waals surface area contributed by atoms with Crippen LogP contribution in [-0.2, 0) is 10.0 Å². The highest BCUT2D eigenvalue weighted by atomic mass is 35.5. The number of nitrogens with one attached hydrogen (secondary N) is 1. The first-order chi connectivity index (χ1) is 10.9. The summed E-state index contributed by atoms with van der Waals surface area (Å²) in [5, 5.41) is 0.531. The van der Waals surface area contributed by atoms with Gasteiger partial charge in [0.2, 0.25) is 10.0 Å². The van der Waals surface area contributed by atoms with Gasteiger partial charge in [-0.05, 0) is 36.8 Å². The van der Waals surface area contributed by atoms with Crippen LogP contribution < -0.4 is 9.46 Å². The molecule has 0 spiro atoms. The van der Waals surface area contributed by atoms with Crippen molar-refractivity contribution in [1.29, 1.82) is 0 Å². The van der Waals surface area contributed by atoms with Crippen LogP contribution in [-0.4, -0.2) is 22.1 Å². The Morgan fingerprint density at radius 3 is 2.65 bits per heavy atom. The summed E-state index contributed by atoms with van der Waals surface area (Å²) in [7, 11) is -2.27. The molecule has 0 radical (unpaired) electrons. The van der Waals surface area contributed by atoms with E-state index in [2.05, 4.69) is 16.6 Å². The summed E-state index contributed by atoms with van der Waals surface area (Å²) >= 11 is 5.99. The lowest BCUT2D eigenvalue weighted by molar-refractivity contribution is 0.402. The molecule has 0 atom stereocenters. The lowest BCUT2D eigenvalue weighted by Crippen LogP contribution is -2.24. The maximum atomic E-state index is 12.4. The quantitative estimate of drug-likeness (QED) is 0.863. The van der Waals surface area contributed by atoms with Crippen LogP contribution >= 0.6 is 11.6 Å². The number of methoxy groups -OCH3 is 1. The SMILES string of the molecule is COc1ccc(C)cc1S(=O)(=O)NCC#Cc1ccccc1Cl. The molecule has 0 aliphatic carbocycles. The predicted octanol–water partition coefficient (Wildman–Crippen LogP) is 2.99. The molecule has 0 bridgehead atoms. The smallest absolute Gasteiger partial charge is 0.245 e. The summed E-state index contributed by atoms with van der Waals surface area (Å²) in [5.41, 5.74) is 1.48. The summed E-state index contributed by atoms with van der Waals surface area (Å²) in [6.45, 7) is 1.79. The Labute approximate surface area is 141 Å². The zero-order valence-electron chi connectivity index (χ0n) is 12.8. The maximum absolute atomic E-state index is 12.4. The Hall–Kier alpha value is -2.00. The highest BCUT2D eigenvalue weighted by Gasteiger charge is 2.18. The van der Waals surface area contributed by atoms with Crippen molar-refractivity contribution in [3.05, 3.63) is 58.6 Å². The molecule has 0 saturated heterocycles. The Morgan fingerprint density at radius 2 is 1.96 bits per heavy atom. The highest BCUT2D eigenvalue weighted by molar-refractivity contribution is 7.89. The van der Waals surface area contributed by atoms with Crippen molar-refractivity contribution in [1.82, 2.24) is 4.72 Å². The van der Waals surface area contributed by atoms with Gasteiger partial charge in [-0.1, -0.05) is 41.6 Å². The van der Waals surface area contributed by atoms with Crippen LogP contribution in [0.1, 0.15) is 11.1 Å². The molecule has 0 saturated carbocycles. The van der Waals surface area contributed by atoms with E-state index in [-0.39, 0.29) is 11.4 Å². The first-order valence-corrected chi connectivity index (χ1v) is 8.68. The van der Waals surface area contributed by atoms with Crippen molar-refractivity contribution in [3.8, 4) is 17.6 Å². The number of benzene rings is 2. The van der Waals surface area contributed by atoms with E-state index in [0.29, 0.717) is 16.3 Å². The van der Waals surface area contributed by atoms with Gasteiger partial charge in [0.25, 0.3) is 0 Å². The molecule has 0 aromatic heterocycles. The average molecular weight is 350 g/mol. The lowest BCUT2D eigenvalue weighted by Gasteiger charge is -2.10. The van der Waals surface area contributed by atoms with E-state index in [0.717, 1.165) is 5.56 Å². The molecule has 2 aromatic carbocycles. The molecule has 0 aliphatic heterocycles. The Morgan fingerprint density at radius 1 is 1.22 bits per heavy atom. The molecular weight excluding hydrogens is 334 g/mol. The lowest BCUT2D eigenvalue weighted by atomic mass is 10.2. The first kappa shape index (κ1) is 17.4. The van der Waals surface area contributed by atoms with Crippen LogP contribution in [0.25, 0.3) is 0 Å². The van der Waals surface area contributed by atoms with Gasteiger partial charge >= 0.3 is 0 Å². The van der Waals surface area contributed by atoms with Gasteiger partial charge in [0.05, 0.1) is 18.7 Å². The largest absolute Gasteiger partial charge is 0.495 e. The molecule has 23 heavy (non-hydrogen) atoms. The van der Waals surface area contributed by atoms with Crippen LogP contribution in [0.5, 0.6) is 5.75 Å². The van der Waals surface area contributed by atoms with Crippen LogP contribution in [0, 0.1) is 18.8 Å². The van der Waals surface area contributed by atoms with E-state index in [1.807, 2.05) is 13.0 Å². The Kier molecular flexibility index (Phi) is 5.67. The maximum Gasteiger partial charge on any atom is 0.245 e. The number of hydrogen-bond donors (Lipinski definition) is 1. The number of rotatable bonds is 4. The second-order valence-corrected chi connectivity index (χ2v) is 6.90. The van der Waals surface area contributed by atoms with Crippen molar-refractivity contribution in [2.45, 2.75) is 11.8 Å². The van der Waals surface area contributed by atoms with E-state index in [9.17, 15) is 8.42 Å². The molecule has 2 rings (SSSR count). The molecule has 4 nitrogen and oxygen atoms in total. The third-order valence-electron chi connectivity index (χ3n) is 3.06. The van der Waals surface area contributed by atoms with Gasteiger partial charge in [-0.2, -0.15) is 4.72 Å². The van der Waals surface area contributed by atoms with Crippen molar-refractivity contribution >= 4 is 21.6 Å². The van der Waals surface area contributed by atoms with Crippen LogP contribution in [0.15, 0.2) is 47.4 Å². The molecular formula is C17H16ClNO3S. The van der Waals surface area contributed by atoms with Gasteiger partial charge in [-0.3, -0.25) is 0 Å². The van der Waals surface area contributed by atoms with Gasteiger partial charge < -0.3 is 4.74 Å². The average Bonchev–Trinajstić information content (AvgIpc) is 2.53. The number of ether oxygens (including phenoxy) is 1. The summed E-state index contributed by atoms with van der Waals surface area (Å²) in [6, 6.07) is 12.1. The standard InChI is InChI=1S/C17H16ClNO3S/c1-13-9-10-16(22-2)17(12-13)23(20,21)19-11-5-7-14-6-3-4-8-15(14)18/h3-4,6,8-10,12,19H,11H2,1-2H3. The minimum atomic E-state index is -3.70. The van der Waals surface area contributed by atoms with Crippen LogP contribution in [0.4, 0.5) is 0 Å². The van der Waals surface area contributed by atoms with Gasteiger partial charge in [-0.15, -0.1) is 0 Å². The van der Waals surface area contributed by atoms with Gasteiger partial charge in [0.1, 0.15) is 10.6 Å². The summed E-state index contributed by atoms with van der Waals surface area (Å²) < 4.78 is 32.3. The Balaban J connectivity index is 2.15. The fourth-order valence-corrected chi connectivity index (χ4v) is 3.26. The van der Waals surface area contributed by atoms with E-state index in [4.69, 9.17) is 16.3 Å². The molecule has 2 aromatic rings. The summed E-state index contributed by atoms with van der Waals surface area (Å²) in [5.74, 6) is 5.89. The Bertz CT molecular complexity index is 867. The molecule has 0 unspecified atom stereocenters. The molecule has 120 valence electrons. The van der Waals surface area contributed by atoms with Crippen molar-refractivity contribution in [2.75, 3.05) is 13.7 Å². The topological polar surface area (TPSA) is 55.4 Å². The van der Waals surface area contributed by atoms with Crippen molar-refractivity contribution in [3.63, 3.8) is 0 Å². The highest BCUT2D eigenvalue weighted by Crippen LogP contribution is 2.24. The van der Waals surface area contributed by atoms with Crippen molar-refractivity contribution < 1.29 is 13.2 Å². The van der Waals surface area contributed by atoms with Gasteiger partial charge in [-0.25, -0.2) is 8.42 Å². The molecule has 1 N–H and O–H groups in total.